The van der Waals surface area contributed by atoms with Gasteiger partial charge in [-0.25, -0.2) is 4.58 Å². The van der Waals surface area contributed by atoms with Gasteiger partial charge in [0.1, 0.15) is 10.6 Å². The average molecular weight is 895 g/mol. The Bertz CT molecular complexity index is 3040. The smallest absolute Gasteiger partial charge is 0.303 e. The summed E-state index contributed by atoms with van der Waals surface area (Å²) in [6.07, 6.45) is 4.21. The van der Waals surface area contributed by atoms with E-state index in [4.69, 9.17) is 0 Å². The molecule has 7 rings (SSSR count). The standard InChI is InChI=1S/C49H55N3O9S2/c1-10-51-41-24-39-37(22-35(41)30(2)26-47(51,3)4)45(33-17-12-13-18-34(33)46(55)50(9)21-15-20-44(53)54)38-23-36-32(29-62(56,57)58)27-48(5,6)52(42(36)25-40(38)49(39,7)8)28-31-16-11-14-19-43(31)63(59,60)61/h11-14,16-19,22-27H,10,15,20-21,28-29H2,1-9H3,(H2-,53,54,56,57,58,59,60,61)/p+1. The van der Waals surface area contributed by atoms with E-state index in [2.05, 4.69) is 64.7 Å². The quantitative estimate of drug-likeness (QED) is 0.105. The zero-order chi connectivity index (χ0) is 46.2. The largest absolute Gasteiger partial charge is 0.481 e. The van der Waals surface area contributed by atoms with Crippen molar-refractivity contribution in [1.82, 2.24) is 9.48 Å². The Morgan fingerprint density at radius 2 is 1.48 bits per heavy atom. The molecule has 2 aliphatic heterocycles. The third kappa shape index (κ3) is 8.41. The minimum Gasteiger partial charge on any atom is -0.481 e. The van der Waals surface area contributed by atoms with E-state index in [0.29, 0.717) is 33.2 Å². The van der Waals surface area contributed by atoms with Crippen LogP contribution in [0.15, 0.2) is 89.8 Å². The number of allylic oxidation sites excluding steroid dienone is 1. The van der Waals surface area contributed by atoms with Crippen LogP contribution in [0.3, 0.4) is 0 Å². The number of fused-ring (bicyclic) bond motifs is 4. The molecule has 4 aromatic carbocycles. The van der Waals surface area contributed by atoms with E-state index in [9.17, 15) is 40.6 Å². The predicted molar refractivity (Wildman–Crippen MR) is 247 cm³/mol. The van der Waals surface area contributed by atoms with Gasteiger partial charge in [-0.2, -0.15) is 16.8 Å². The minimum absolute atomic E-state index is 0.0171. The fraction of sp³-hybridized carbons (Fsp3) is 0.367. The van der Waals surface area contributed by atoms with Crippen molar-refractivity contribution >= 4 is 54.5 Å². The molecule has 1 aliphatic carbocycles. The number of hydrogen-bond acceptors (Lipinski definition) is 7. The van der Waals surface area contributed by atoms with Crippen LogP contribution >= 0.6 is 0 Å². The molecule has 332 valence electrons. The van der Waals surface area contributed by atoms with Crippen LogP contribution in [-0.2, 0) is 37.0 Å². The van der Waals surface area contributed by atoms with Gasteiger partial charge in [0.25, 0.3) is 26.1 Å². The first-order valence-electron chi connectivity index (χ1n) is 21.1. The van der Waals surface area contributed by atoms with Crippen LogP contribution in [0.2, 0.25) is 0 Å². The molecule has 14 heteroatoms. The minimum atomic E-state index is -4.61. The highest BCUT2D eigenvalue weighted by Crippen LogP contribution is 2.48. The number of anilines is 1. The van der Waals surface area contributed by atoms with Crippen molar-refractivity contribution in [2.75, 3.05) is 30.8 Å². The number of nitrogens with zero attached hydrogens (tertiary/aromatic N) is 3. The van der Waals surface area contributed by atoms with Crippen molar-refractivity contribution in [3.8, 4) is 0 Å². The second-order valence-corrected chi connectivity index (χ2v) is 21.4. The third-order valence-electron chi connectivity index (χ3n) is 12.9. The summed E-state index contributed by atoms with van der Waals surface area (Å²) >= 11 is 0. The average Bonchev–Trinajstić information content (AvgIpc) is 3.17. The van der Waals surface area contributed by atoms with Gasteiger partial charge < -0.3 is 14.9 Å². The number of carboxylic acid groups (broad SMARTS) is 1. The van der Waals surface area contributed by atoms with E-state index < -0.39 is 42.9 Å². The Morgan fingerprint density at radius 1 is 0.810 bits per heavy atom. The van der Waals surface area contributed by atoms with Crippen LogP contribution in [0.1, 0.15) is 118 Å². The summed E-state index contributed by atoms with van der Waals surface area (Å²) in [7, 11) is -7.51. The maximum absolute atomic E-state index is 14.5. The number of carbonyl (C=O) groups is 2. The number of aliphatic carboxylic acids is 1. The first kappa shape index (κ1) is 45.6. The number of carbonyl (C=O) groups excluding carboxylic acids is 1. The lowest BCUT2D eigenvalue weighted by Gasteiger charge is -2.45. The van der Waals surface area contributed by atoms with E-state index in [1.54, 1.807) is 37.4 Å². The maximum Gasteiger partial charge on any atom is 0.303 e. The van der Waals surface area contributed by atoms with E-state index in [1.165, 1.54) is 17.0 Å². The SMILES string of the molecule is CCN1c2cc3c(cc2C(C)=CC1(C)C)C(c1ccccc1C(=O)N(C)CCCC(=O)O)=c1cc2c(cc1C3(C)C)=[N+](Cc1ccccc1S(=O)(=O)O)C(C)(C)C=C2CS(=O)(=O)O. The van der Waals surface area contributed by atoms with Crippen LogP contribution in [0.25, 0.3) is 16.7 Å². The number of carboxylic acids is 1. The van der Waals surface area contributed by atoms with Crippen molar-refractivity contribution in [2.24, 2.45) is 0 Å². The van der Waals surface area contributed by atoms with Crippen LogP contribution < -0.4 is 20.1 Å². The molecule has 0 saturated heterocycles. The molecule has 12 nitrogen and oxygen atoms in total. The molecule has 3 aliphatic rings. The fourth-order valence-corrected chi connectivity index (χ4v) is 11.4. The molecular formula is C49H56N3O9S2+. The van der Waals surface area contributed by atoms with Gasteiger partial charge in [0.05, 0.1) is 11.1 Å². The van der Waals surface area contributed by atoms with Gasteiger partial charge in [-0.1, -0.05) is 56.3 Å². The lowest BCUT2D eigenvalue weighted by atomic mass is 9.67. The molecule has 0 atom stereocenters. The van der Waals surface area contributed by atoms with Gasteiger partial charge in [0, 0.05) is 74.3 Å². The molecule has 0 bridgehead atoms. The second kappa shape index (κ2) is 16.0. The van der Waals surface area contributed by atoms with E-state index in [0.717, 1.165) is 50.9 Å². The van der Waals surface area contributed by atoms with Gasteiger partial charge in [-0.15, -0.1) is 0 Å². The summed E-state index contributed by atoms with van der Waals surface area (Å²) < 4.78 is 73.4. The highest BCUT2D eigenvalue weighted by atomic mass is 32.2. The van der Waals surface area contributed by atoms with Crippen LogP contribution in [0.4, 0.5) is 5.69 Å². The van der Waals surface area contributed by atoms with Crippen LogP contribution in [0, 0.1) is 0 Å². The molecule has 4 aromatic rings. The van der Waals surface area contributed by atoms with Gasteiger partial charge in [0.2, 0.25) is 5.36 Å². The fourth-order valence-electron chi connectivity index (χ4n) is 10.0. The summed E-state index contributed by atoms with van der Waals surface area (Å²) in [5.74, 6) is -1.93. The molecule has 0 radical (unpaired) electrons. The Balaban J connectivity index is 1.64. The van der Waals surface area contributed by atoms with E-state index >= 15 is 0 Å². The van der Waals surface area contributed by atoms with Gasteiger partial charge in [-0.3, -0.25) is 18.7 Å². The van der Waals surface area contributed by atoms with Crippen LogP contribution in [-0.4, -0.2) is 84.8 Å². The number of hydrogen-bond donors (Lipinski definition) is 3. The Hall–Kier alpha value is -5.41. The van der Waals surface area contributed by atoms with Crippen molar-refractivity contribution in [3.63, 3.8) is 0 Å². The van der Waals surface area contributed by atoms with Gasteiger partial charge in [0.15, 0.2) is 12.1 Å². The maximum atomic E-state index is 14.5. The highest BCUT2D eigenvalue weighted by Gasteiger charge is 2.42. The molecule has 63 heavy (non-hydrogen) atoms. The molecule has 2 heterocycles. The second-order valence-electron chi connectivity index (χ2n) is 18.5. The first-order valence-corrected chi connectivity index (χ1v) is 24.1. The number of rotatable bonds is 12. The molecule has 0 aromatic heterocycles. The number of amides is 1. The van der Waals surface area contributed by atoms with E-state index in [1.807, 2.05) is 42.7 Å². The molecule has 3 N–H and O–H groups in total. The number of likely N-dealkylation sites (N-methyl/N-ethyl adjacent to an activating group) is 1. The lowest BCUT2D eigenvalue weighted by Crippen LogP contribution is -2.51. The predicted octanol–water partition coefficient (Wildman–Crippen LogP) is 6.53. The highest BCUT2D eigenvalue weighted by molar-refractivity contribution is 7.86. The van der Waals surface area contributed by atoms with Crippen molar-refractivity contribution in [3.05, 3.63) is 140 Å². The summed E-state index contributed by atoms with van der Waals surface area (Å²) in [5, 5.41) is 10.6. The van der Waals surface area contributed by atoms with E-state index in [-0.39, 0.29) is 42.3 Å². The molecule has 1 amide bonds. The van der Waals surface area contributed by atoms with Crippen molar-refractivity contribution in [2.45, 2.75) is 96.2 Å². The lowest BCUT2D eigenvalue weighted by molar-refractivity contribution is -0.137. The molecule has 0 fully saturated rings. The first-order chi connectivity index (χ1) is 29.3. The molecular weight excluding hydrogens is 839 g/mol. The zero-order valence-electron chi connectivity index (χ0n) is 37.3. The monoisotopic (exact) mass is 894 g/mol. The number of benzene rings is 4. The van der Waals surface area contributed by atoms with Gasteiger partial charge >= 0.3 is 5.97 Å². The van der Waals surface area contributed by atoms with Crippen LogP contribution in [0.5, 0.6) is 0 Å². The van der Waals surface area contributed by atoms with Crippen molar-refractivity contribution in [1.29, 1.82) is 0 Å². The summed E-state index contributed by atoms with van der Waals surface area (Å²) in [5.41, 5.74) is 6.97. The van der Waals surface area contributed by atoms with Gasteiger partial charge in [-0.05, 0) is 115 Å². The topological polar surface area (TPSA) is 173 Å². The summed E-state index contributed by atoms with van der Waals surface area (Å²) in [4.78, 5) is 29.5. The Morgan fingerprint density at radius 3 is 2.13 bits per heavy atom. The Labute approximate surface area is 370 Å². The third-order valence-corrected chi connectivity index (χ3v) is 14.5. The zero-order valence-corrected chi connectivity index (χ0v) is 38.9. The molecule has 0 spiro atoms. The Kier molecular flexibility index (Phi) is 11.6. The molecule has 0 saturated carbocycles. The summed E-state index contributed by atoms with van der Waals surface area (Å²) in [6, 6.07) is 21.9. The van der Waals surface area contributed by atoms with Crippen molar-refractivity contribution < 1.29 is 40.6 Å². The summed E-state index contributed by atoms with van der Waals surface area (Å²) in [6.45, 7) is 17.6. The normalized spacial score (nSPS) is 17.2. The molecule has 0 unspecified atom stereocenters.